The van der Waals surface area contributed by atoms with E-state index < -0.39 is 4.92 Å². The molecule has 3 rings (SSSR count). The van der Waals surface area contributed by atoms with Crippen LogP contribution in [0.15, 0.2) is 41.5 Å². The maximum absolute atomic E-state index is 11.8. The predicted molar refractivity (Wildman–Crippen MR) is 124 cm³/mol. The first kappa shape index (κ1) is 23.1. The number of nitro benzene ring substituents is 1. The molecular formula is C22H25N5O4S. The van der Waals surface area contributed by atoms with Crippen molar-refractivity contribution < 1.29 is 14.4 Å². The van der Waals surface area contributed by atoms with Gasteiger partial charge in [0, 0.05) is 18.1 Å². The summed E-state index contributed by atoms with van der Waals surface area (Å²) in [6, 6.07) is 10.7. The Balaban J connectivity index is 1.92. The molecule has 1 N–H and O–H groups in total. The van der Waals surface area contributed by atoms with E-state index in [1.165, 1.54) is 24.1 Å². The Labute approximate surface area is 190 Å². The van der Waals surface area contributed by atoms with Gasteiger partial charge in [0.15, 0.2) is 11.6 Å². The van der Waals surface area contributed by atoms with Crippen LogP contribution in [0, 0.1) is 21.8 Å². The van der Waals surface area contributed by atoms with Gasteiger partial charge in [0.1, 0.15) is 6.61 Å². The lowest BCUT2D eigenvalue weighted by Crippen LogP contribution is -2.04. The molecule has 0 saturated heterocycles. The van der Waals surface area contributed by atoms with Crippen molar-refractivity contribution in [3.05, 3.63) is 73.8 Å². The van der Waals surface area contributed by atoms with Gasteiger partial charge in [-0.15, -0.1) is 0 Å². The minimum Gasteiger partial charge on any atom is -0.493 e. The molecule has 0 aliphatic heterocycles. The van der Waals surface area contributed by atoms with Gasteiger partial charge in [0.25, 0.3) is 0 Å². The summed E-state index contributed by atoms with van der Waals surface area (Å²) in [5.74, 6) is 1.02. The third-order valence-corrected chi connectivity index (χ3v) is 5.17. The molecule has 0 saturated carbocycles. The predicted octanol–water partition coefficient (Wildman–Crippen LogP) is 4.97. The van der Waals surface area contributed by atoms with E-state index >= 15 is 0 Å². The highest BCUT2D eigenvalue weighted by Gasteiger charge is 2.22. The van der Waals surface area contributed by atoms with E-state index in [9.17, 15) is 10.1 Å². The Hall–Kier alpha value is -3.53. The van der Waals surface area contributed by atoms with Gasteiger partial charge in [-0.2, -0.15) is 14.9 Å². The van der Waals surface area contributed by atoms with Crippen molar-refractivity contribution in [2.24, 2.45) is 5.10 Å². The van der Waals surface area contributed by atoms with Gasteiger partial charge in [0.05, 0.1) is 18.2 Å². The largest absolute Gasteiger partial charge is 0.493 e. The number of aryl methyl sites for hydroxylation is 2. The Bertz CT molecular complexity index is 1190. The number of nitrogens with zero attached hydrogens (tertiary/aromatic N) is 4. The topological polar surface area (TPSA) is 108 Å². The van der Waals surface area contributed by atoms with Crippen LogP contribution in [0.4, 0.5) is 5.69 Å². The van der Waals surface area contributed by atoms with Crippen LogP contribution in [-0.2, 0) is 13.0 Å². The van der Waals surface area contributed by atoms with Gasteiger partial charge >= 0.3 is 5.69 Å². The van der Waals surface area contributed by atoms with Crippen molar-refractivity contribution in [1.29, 1.82) is 0 Å². The third-order valence-electron chi connectivity index (χ3n) is 4.90. The summed E-state index contributed by atoms with van der Waals surface area (Å²) >= 11 is 5.25. The number of aromatic amines is 1. The second kappa shape index (κ2) is 10.7. The molecule has 0 radical (unpaired) electrons. The average molecular weight is 456 g/mol. The fourth-order valence-corrected chi connectivity index (χ4v) is 3.30. The Morgan fingerprint density at radius 1 is 1.34 bits per heavy atom. The molecule has 0 amide bonds. The van der Waals surface area contributed by atoms with Crippen LogP contribution < -0.4 is 9.47 Å². The number of hydrogen-bond donors (Lipinski definition) is 1. The summed E-state index contributed by atoms with van der Waals surface area (Å²) in [5, 5.41) is 23.1. The summed E-state index contributed by atoms with van der Waals surface area (Å²) in [4.78, 5) is 11.3. The zero-order valence-electron chi connectivity index (χ0n) is 18.2. The van der Waals surface area contributed by atoms with E-state index in [-0.39, 0.29) is 23.8 Å². The fraction of sp³-hybridized carbons (Fsp3) is 0.318. The maximum Gasteiger partial charge on any atom is 0.315 e. The second-order valence-electron chi connectivity index (χ2n) is 7.15. The number of unbranched alkanes of at least 4 members (excludes halogenated alkanes) is 1. The Morgan fingerprint density at radius 2 is 2.12 bits per heavy atom. The maximum atomic E-state index is 11.8. The standard InChI is InChI=1S/C22H25N5O4S/c1-4-5-10-20-24-25-22(32)26(20)23-13-16-11-18(27(28)29)21(19(12-16)30-3)31-14-17-9-7-6-8-15(17)2/h6-9,11-13H,4-5,10,14H2,1-3H3,(H,25,32)/b23-13-. The third kappa shape index (κ3) is 5.38. The Kier molecular flexibility index (Phi) is 7.72. The summed E-state index contributed by atoms with van der Waals surface area (Å²) in [6.07, 6.45) is 4.16. The minimum absolute atomic E-state index is 0.0708. The first-order valence-corrected chi connectivity index (χ1v) is 10.6. The molecule has 0 aliphatic carbocycles. The molecule has 9 nitrogen and oxygen atoms in total. The van der Waals surface area contributed by atoms with E-state index in [0.29, 0.717) is 16.2 Å². The van der Waals surface area contributed by atoms with Crippen molar-refractivity contribution in [3.8, 4) is 11.5 Å². The average Bonchev–Trinajstić information content (AvgIpc) is 3.14. The van der Waals surface area contributed by atoms with Crippen molar-refractivity contribution in [1.82, 2.24) is 14.9 Å². The summed E-state index contributed by atoms with van der Waals surface area (Å²) < 4.78 is 13.1. The number of ether oxygens (including phenoxy) is 2. The van der Waals surface area contributed by atoms with Crippen LogP contribution in [-0.4, -0.2) is 33.1 Å². The lowest BCUT2D eigenvalue weighted by atomic mass is 10.1. The molecule has 2 aromatic carbocycles. The molecule has 3 aromatic rings. The number of nitro groups is 1. The van der Waals surface area contributed by atoms with Gasteiger partial charge in [0.2, 0.25) is 10.5 Å². The number of H-pyrrole nitrogens is 1. The fourth-order valence-electron chi connectivity index (χ4n) is 3.10. The highest BCUT2D eigenvalue weighted by molar-refractivity contribution is 7.71. The number of methoxy groups -OCH3 is 1. The molecule has 0 fully saturated rings. The van der Waals surface area contributed by atoms with Crippen LogP contribution in [0.3, 0.4) is 0 Å². The van der Waals surface area contributed by atoms with Crippen molar-refractivity contribution in [2.75, 3.05) is 7.11 Å². The van der Waals surface area contributed by atoms with E-state index in [1.54, 1.807) is 6.07 Å². The molecule has 0 bridgehead atoms. The Morgan fingerprint density at radius 3 is 2.81 bits per heavy atom. The summed E-state index contributed by atoms with van der Waals surface area (Å²) in [6.45, 7) is 4.23. The number of rotatable bonds is 10. The molecule has 10 heteroatoms. The summed E-state index contributed by atoms with van der Waals surface area (Å²) in [5.41, 5.74) is 2.24. The highest BCUT2D eigenvalue weighted by Crippen LogP contribution is 2.38. The van der Waals surface area contributed by atoms with Crippen molar-refractivity contribution >= 4 is 24.1 Å². The molecule has 0 spiro atoms. The first-order valence-electron chi connectivity index (χ1n) is 10.2. The van der Waals surface area contributed by atoms with Crippen LogP contribution in [0.5, 0.6) is 11.5 Å². The van der Waals surface area contributed by atoms with E-state index in [1.807, 2.05) is 31.2 Å². The van der Waals surface area contributed by atoms with Crippen LogP contribution in [0.1, 0.15) is 42.3 Å². The molecule has 0 atom stereocenters. The first-order chi connectivity index (χ1) is 15.4. The van der Waals surface area contributed by atoms with Gasteiger partial charge in [-0.05, 0) is 42.8 Å². The van der Waals surface area contributed by atoms with Crippen molar-refractivity contribution in [2.45, 2.75) is 39.7 Å². The second-order valence-corrected chi connectivity index (χ2v) is 7.54. The van der Waals surface area contributed by atoms with E-state index in [2.05, 4.69) is 22.2 Å². The molecular weight excluding hydrogens is 430 g/mol. The molecule has 32 heavy (non-hydrogen) atoms. The highest BCUT2D eigenvalue weighted by atomic mass is 32.1. The summed E-state index contributed by atoms with van der Waals surface area (Å²) in [7, 11) is 1.44. The normalized spacial score (nSPS) is 11.1. The van der Waals surface area contributed by atoms with E-state index in [4.69, 9.17) is 21.7 Å². The molecule has 168 valence electrons. The van der Waals surface area contributed by atoms with Gasteiger partial charge in [-0.3, -0.25) is 15.2 Å². The number of aromatic nitrogens is 3. The smallest absolute Gasteiger partial charge is 0.315 e. The molecule has 1 heterocycles. The lowest BCUT2D eigenvalue weighted by molar-refractivity contribution is -0.386. The number of nitrogens with one attached hydrogen (secondary N) is 1. The quantitative estimate of drug-likeness (QED) is 0.200. The van der Waals surface area contributed by atoms with Crippen LogP contribution in [0.25, 0.3) is 0 Å². The minimum atomic E-state index is -0.497. The zero-order chi connectivity index (χ0) is 23.1. The monoisotopic (exact) mass is 455 g/mol. The van der Waals surface area contributed by atoms with Crippen LogP contribution in [0.2, 0.25) is 0 Å². The number of hydrogen-bond acceptors (Lipinski definition) is 7. The lowest BCUT2D eigenvalue weighted by Gasteiger charge is -2.13. The van der Waals surface area contributed by atoms with E-state index in [0.717, 1.165) is 30.4 Å². The SMILES string of the molecule is CCCCc1n[nH]c(=S)n1/N=C\c1cc(OC)c(OCc2ccccc2C)c([N+](=O)[O-])c1. The van der Waals surface area contributed by atoms with Crippen molar-refractivity contribution in [3.63, 3.8) is 0 Å². The van der Waals surface area contributed by atoms with Gasteiger partial charge in [-0.1, -0.05) is 37.6 Å². The van der Waals surface area contributed by atoms with Crippen LogP contribution >= 0.6 is 12.2 Å². The molecule has 0 aliphatic rings. The zero-order valence-corrected chi connectivity index (χ0v) is 19.0. The van der Waals surface area contributed by atoms with Gasteiger partial charge < -0.3 is 9.47 Å². The molecule has 0 unspecified atom stereocenters. The number of benzene rings is 2. The molecule has 1 aromatic heterocycles. The van der Waals surface area contributed by atoms with Gasteiger partial charge in [-0.25, -0.2) is 0 Å².